The molecule has 0 N–H and O–H groups in total. The first-order chi connectivity index (χ1) is 16.3. The van der Waals surface area contributed by atoms with Crippen molar-refractivity contribution in [1.29, 1.82) is 0 Å². The molecule has 0 saturated carbocycles. The molecule has 0 bridgehead atoms. The summed E-state index contributed by atoms with van der Waals surface area (Å²) in [7, 11) is 0. The summed E-state index contributed by atoms with van der Waals surface area (Å²) in [5.74, 6) is 1.43. The van der Waals surface area contributed by atoms with Crippen LogP contribution in [0.2, 0.25) is 0 Å². The third-order valence-corrected chi connectivity index (χ3v) is 7.89. The Morgan fingerprint density at radius 1 is 1.00 bits per heavy atom. The first kappa shape index (κ1) is 24.7. The fourth-order valence-electron chi connectivity index (χ4n) is 5.26. The minimum atomic E-state index is 0.157. The van der Waals surface area contributed by atoms with E-state index in [0.29, 0.717) is 17.8 Å². The zero-order valence-corrected chi connectivity index (χ0v) is 22.1. The van der Waals surface area contributed by atoms with Crippen molar-refractivity contribution >= 4 is 17.2 Å². The number of hydrogen-bond acceptors (Lipinski definition) is 3. The molecular formula is C30H38N2OS. The van der Waals surface area contributed by atoms with Crippen LogP contribution in [-0.4, -0.2) is 41.9 Å². The summed E-state index contributed by atoms with van der Waals surface area (Å²) in [5, 5.41) is 0. The van der Waals surface area contributed by atoms with Gasteiger partial charge in [-0.05, 0) is 68.0 Å². The van der Waals surface area contributed by atoms with Gasteiger partial charge in [0.25, 0.3) is 5.91 Å². The molecule has 3 nitrogen and oxygen atoms in total. The standard InChI is InChI=1S/C30H38N2OS/c1-21(2)16-32(30(33)25-13-10-22(3)11-14-25)18-26-17-31(19-27-15-12-24(5)34-27)20-29(26)28-9-7-6-8-23(28)4/h6-15,21,26,29H,16-20H2,1-5H3. The average Bonchev–Trinajstić information content (AvgIpc) is 3.39. The van der Waals surface area contributed by atoms with Crippen molar-refractivity contribution in [1.82, 2.24) is 9.80 Å². The van der Waals surface area contributed by atoms with Crippen LogP contribution < -0.4 is 0 Å². The molecule has 0 radical (unpaired) electrons. The number of rotatable bonds is 8. The van der Waals surface area contributed by atoms with E-state index < -0.39 is 0 Å². The van der Waals surface area contributed by atoms with Gasteiger partial charge in [0, 0.05) is 54.0 Å². The smallest absolute Gasteiger partial charge is 0.253 e. The molecule has 1 aliphatic rings. The van der Waals surface area contributed by atoms with Crippen LogP contribution in [0.1, 0.15) is 56.6 Å². The van der Waals surface area contributed by atoms with Crippen molar-refractivity contribution in [2.75, 3.05) is 26.2 Å². The van der Waals surface area contributed by atoms with Crippen molar-refractivity contribution in [2.24, 2.45) is 11.8 Å². The van der Waals surface area contributed by atoms with Gasteiger partial charge >= 0.3 is 0 Å². The number of carbonyl (C=O) groups is 1. The van der Waals surface area contributed by atoms with Crippen LogP contribution in [-0.2, 0) is 6.54 Å². The maximum atomic E-state index is 13.6. The largest absolute Gasteiger partial charge is 0.338 e. The van der Waals surface area contributed by atoms with Gasteiger partial charge in [0.1, 0.15) is 0 Å². The Bertz CT molecular complexity index is 1100. The molecule has 1 fully saturated rings. The molecule has 1 saturated heterocycles. The van der Waals surface area contributed by atoms with E-state index in [1.54, 1.807) is 0 Å². The molecule has 1 aromatic heterocycles. The second-order valence-electron chi connectivity index (χ2n) is 10.4. The predicted octanol–water partition coefficient (Wildman–Crippen LogP) is 6.69. The lowest BCUT2D eigenvalue weighted by Gasteiger charge is -2.30. The predicted molar refractivity (Wildman–Crippen MR) is 144 cm³/mol. The van der Waals surface area contributed by atoms with E-state index in [4.69, 9.17) is 0 Å². The molecule has 4 rings (SSSR count). The lowest BCUT2D eigenvalue weighted by atomic mass is 9.86. The topological polar surface area (TPSA) is 23.6 Å². The molecule has 3 aromatic rings. The van der Waals surface area contributed by atoms with Crippen LogP contribution in [0, 0.1) is 32.6 Å². The summed E-state index contributed by atoms with van der Waals surface area (Å²) in [6.45, 7) is 15.5. The monoisotopic (exact) mass is 474 g/mol. The fraction of sp³-hybridized carbons (Fsp3) is 0.433. The molecule has 1 amide bonds. The summed E-state index contributed by atoms with van der Waals surface area (Å²) in [5.41, 5.74) is 4.76. The lowest BCUT2D eigenvalue weighted by molar-refractivity contribution is 0.0703. The highest BCUT2D eigenvalue weighted by molar-refractivity contribution is 7.11. The number of likely N-dealkylation sites (tertiary alicyclic amines) is 1. The van der Waals surface area contributed by atoms with E-state index in [1.165, 1.54) is 26.4 Å². The Balaban J connectivity index is 1.59. The van der Waals surface area contributed by atoms with Crippen LogP contribution >= 0.6 is 11.3 Å². The SMILES string of the molecule is Cc1ccc(C(=O)N(CC(C)C)CC2CN(Cc3ccc(C)s3)CC2c2ccccc2C)cc1. The highest BCUT2D eigenvalue weighted by atomic mass is 32.1. The molecular weight excluding hydrogens is 436 g/mol. The minimum Gasteiger partial charge on any atom is -0.338 e. The first-order valence-corrected chi connectivity index (χ1v) is 13.3. The number of carbonyl (C=O) groups excluding carboxylic acids is 1. The van der Waals surface area contributed by atoms with Crippen molar-refractivity contribution in [3.8, 4) is 0 Å². The van der Waals surface area contributed by atoms with Gasteiger partial charge in [-0.1, -0.05) is 55.8 Å². The van der Waals surface area contributed by atoms with Crippen molar-refractivity contribution < 1.29 is 4.79 Å². The lowest BCUT2D eigenvalue weighted by Crippen LogP contribution is -2.39. The summed E-state index contributed by atoms with van der Waals surface area (Å²) < 4.78 is 0. The Hall–Kier alpha value is -2.43. The molecule has 2 atom stereocenters. The Morgan fingerprint density at radius 2 is 1.74 bits per heavy atom. The molecule has 180 valence electrons. The Labute approximate surface area is 209 Å². The second-order valence-corrected chi connectivity index (χ2v) is 11.8. The first-order valence-electron chi connectivity index (χ1n) is 12.5. The van der Waals surface area contributed by atoms with Crippen molar-refractivity contribution in [2.45, 2.75) is 47.1 Å². The zero-order chi connectivity index (χ0) is 24.2. The van der Waals surface area contributed by atoms with E-state index in [9.17, 15) is 4.79 Å². The van der Waals surface area contributed by atoms with Gasteiger partial charge in [-0.2, -0.15) is 0 Å². The number of thiophene rings is 1. The van der Waals surface area contributed by atoms with Crippen LogP contribution in [0.5, 0.6) is 0 Å². The fourth-order valence-corrected chi connectivity index (χ4v) is 6.20. The highest BCUT2D eigenvalue weighted by Gasteiger charge is 2.36. The summed E-state index contributed by atoms with van der Waals surface area (Å²) in [4.78, 5) is 21.1. The van der Waals surface area contributed by atoms with Gasteiger partial charge in [-0.3, -0.25) is 9.69 Å². The third-order valence-electron chi connectivity index (χ3n) is 6.91. The quantitative estimate of drug-likeness (QED) is 0.363. The molecule has 4 heteroatoms. The highest BCUT2D eigenvalue weighted by Crippen LogP contribution is 2.36. The van der Waals surface area contributed by atoms with Crippen molar-refractivity contribution in [3.63, 3.8) is 0 Å². The Kier molecular flexibility index (Phi) is 7.90. The zero-order valence-electron chi connectivity index (χ0n) is 21.3. The second kappa shape index (κ2) is 10.9. The third kappa shape index (κ3) is 5.97. The van der Waals surface area contributed by atoms with E-state index in [1.807, 2.05) is 35.6 Å². The average molecular weight is 475 g/mol. The van der Waals surface area contributed by atoms with Crippen LogP contribution in [0.4, 0.5) is 0 Å². The summed E-state index contributed by atoms with van der Waals surface area (Å²) in [6, 6.07) is 21.3. The normalized spacial score (nSPS) is 18.5. The van der Waals surface area contributed by atoms with Gasteiger partial charge in [-0.25, -0.2) is 0 Å². The maximum absolute atomic E-state index is 13.6. The molecule has 1 aliphatic heterocycles. The van der Waals surface area contributed by atoms with Crippen molar-refractivity contribution in [3.05, 3.63) is 92.7 Å². The number of nitrogens with zero attached hydrogens (tertiary/aromatic N) is 2. The number of benzene rings is 2. The summed E-state index contributed by atoms with van der Waals surface area (Å²) in [6.07, 6.45) is 0. The maximum Gasteiger partial charge on any atom is 0.253 e. The molecule has 2 unspecified atom stereocenters. The van der Waals surface area contributed by atoms with Crippen LogP contribution in [0.25, 0.3) is 0 Å². The van der Waals surface area contributed by atoms with E-state index >= 15 is 0 Å². The number of hydrogen-bond donors (Lipinski definition) is 0. The number of aryl methyl sites for hydroxylation is 3. The van der Waals surface area contributed by atoms with Crippen LogP contribution in [0.3, 0.4) is 0 Å². The van der Waals surface area contributed by atoms with Gasteiger partial charge in [-0.15, -0.1) is 11.3 Å². The van der Waals surface area contributed by atoms with Crippen LogP contribution in [0.15, 0.2) is 60.7 Å². The molecule has 0 spiro atoms. The molecule has 2 heterocycles. The Morgan fingerprint density at radius 3 is 2.38 bits per heavy atom. The summed E-state index contributed by atoms with van der Waals surface area (Å²) >= 11 is 1.90. The molecule has 34 heavy (non-hydrogen) atoms. The molecule has 0 aliphatic carbocycles. The number of amides is 1. The molecule has 2 aromatic carbocycles. The van der Waals surface area contributed by atoms with E-state index in [-0.39, 0.29) is 5.91 Å². The van der Waals surface area contributed by atoms with Gasteiger partial charge in [0.15, 0.2) is 0 Å². The minimum absolute atomic E-state index is 0.157. The van der Waals surface area contributed by atoms with E-state index in [2.05, 4.69) is 80.8 Å². The van der Waals surface area contributed by atoms with E-state index in [0.717, 1.165) is 38.3 Å². The van der Waals surface area contributed by atoms with Gasteiger partial charge in [0.2, 0.25) is 0 Å². The van der Waals surface area contributed by atoms with Gasteiger partial charge in [0.05, 0.1) is 0 Å². The van der Waals surface area contributed by atoms with Gasteiger partial charge < -0.3 is 4.90 Å².